The van der Waals surface area contributed by atoms with Crippen LogP contribution in [0.25, 0.3) is 0 Å². The van der Waals surface area contributed by atoms with Crippen LogP contribution in [0.5, 0.6) is 0 Å². The summed E-state index contributed by atoms with van der Waals surface area (Å²) < 4.78 is 5.14. The largest absolute Gasteiger partial charge is 0.469 e. The van der Waals surface area contributed by atoms with E-state index in [1.807, 2.05) is 48.5 Å². The smallest absolute Gasteiger partial charge is 0.314 e. The predicted octanol–water partition coefficient (Wildman–Crippen LogP) is 8.76. The number of hydrogen-bond donors (Lipinski definition) is 1. The number of aliphatic hydroxyl groups excluding tert-OH is 1. The minimum atomic E-state index is -1.10. The third-order valence-corrected chi connectivity index (χ3v) is 8.84. The zero-order valence-electron chi connectivity index (χ0n) is 26.7. The Morgan fingerprint density at radius 2 is 1.28 bits per heavy atom. The number of nitrogens with zero attached hydrogens (tertiary/aromatic N) is 1. The maximum Gasteiger partial charge on any atom is 0.314 e. The second kappa shape index (κ2) is 20.1. The number of allylic oxidation sites excluding steroid dienone is 1. The van der Waals surface area contributed by atoms with Crippen LogP contribution in [0.1, 0.15) is 120 Å². The molecule has 1 aliphatic heterocycles. The fraction of sp³-hybridized carbons (Fsp3) is 0.579. The number of likely N-dealkylation sites (tertiary alicyclic amines) is 1. The molecule has 1 heterocycles. The third kappa shape index (κ3) is 11.6. The Labute approximate surface area is 260 Å². The van der Waals surface area contributed by atoms with Crippen molar-refractivity contribution >= 4 is 11.8 Å². The van der Waals surface area contributed by atoms with E-state index in [-0.39, 0.29) is 5.78 Å². The Bertz CT molecular complexity index is 1080. The first-order valence-electron chi connectivity index (χ1n) is 16.9. The highest BCUT2D eigenvalue weighted by atomic mass is 16.5. The minimum Gasteiger partial charge on any atom is -0.469 e. The maximum absolute atomic E-state index is 13.1. The zero-order chi connectivity index (χ0) is 30.7. The molecule has 0 unspecified atom stereocenters. The highest BCUT2D eigenvalue weighted by Crippen LogP contribution is 2.44. The Balaban J connectivity index is 1.52. The van der Waals surface area contributed by atoms with Crippen molar-refractivity contribution in [1.82, 2.24) is 4.90 Å². The minimum absolute atomic E-state index is 0.00928. The van der Waals surface area contributed by atoms with Gasteiger partial charge in [0.15, 0.2) is 5.78 Å². The lowest BCUT2D eigenvalue weighted by molar-refractivity contribution is -0.149. The van der Waals surface area contributed by atoms with E-state index in [0.717, 1.165) is 31.2 Å². The first kappa shape index (κ1) is 34.6. The monoisotopic (exact) mass is 589 g/mol. The van der Waals surface area contributed by atoms with Crippen molar-refractivity contribution < 1.29 is 19.4 Å². The SMILES string of the molecule is CCCCCCCCCCCCCCCCC(=O)/C=C1\[C@@H](O)[C@@H](C(=O)OC)[C@H](c2ccccc2)N1CCc1ccccc1. The van der Waals surface area contributed by atoms with Gasteiger partial charge in [0.2, 0.25) is 0 Å². The molecule has 0 saturated carbocycles. The first-order valence-corrected chi connectivity index (χ1v) is 16.9. The number of unbranched alkanes of at least 4 members (excludes halogenated alkanes) is 13. The van der Waals surface area contributed by atoms with Gasteiger partial charge in [0.25, 0.3) is 0 Å². The van der Waals surface area contributed by atoms with Crippen LogP contribution < -0.4 is 0 Å². The molecule has 1 N–H and O–H groups in total. The van der Waals surface area contributed by atoms with Gasteiger partial charge in [-0.2, -0.15) is 0 Å². The van der Waals surface area contributed by atoms with Gasteiger partial charge in [-0.15, -0.1) is 0 Å². The van der Waals surface area contributed by atoms with Crippen molar-refractivity contribution in [3.63, 3.8) is 0 Å². The molecule has 236 valence electrons. The summed E-state index contributed by atoms with van der Waals surface area (Å²) in [7, 11) is 1.36. The van der Waals surface area contributed by atoms with Crippen LogP contribution in [-0.4, -0.2) is 41.5 Å². The second-order valence-corrected chi connectivity index (χ2v) is 12.2. The molecule has 0 radical (unpaired) electrons. The molecule has 0 bridgehead atoms. The molecule has 0 spiro atoms. The van der Waals surface area contributed by atoms with E-state index < -0.39 is 24.0 Å². The van der Waals surface area contributed by atoms with E-state index in [1.54, 1.807) is 6.08 Å². The van der Waals surface area contributed by atoms with Gasteiger partial charge in [0, 0.05) is 24.7 Å². The van der Waals surface area contributed by atoms with Crippen LogP contribution >= 0.6 is 0 Å². The molecule has 5 heteroatoms. The molecule has 1 fully saturated rings. The second-order valence-electron chi connectivity index (χ2n) is 12.2. The summed E-state index contributed by atoms with van der Waals surface area (Å²) in [6.45, 7) is 2.84. The maximum atomic E-state index is 13.1. The van der Waals surface area contributed by atoms with Gasteiger partial charge in [0.05, 0.1) is 13.2 Å². The average molecular weight is 590 g/mol. The van der Waals surface area contributed by atoms with Crippen molar-refractivity contribution in [1.29, 1.82) is 0 Å². The van der Waals surface area contributed by atoms with Crippen LogP contribution in [0, 0.1) is 5.92 Å². The third-order valence-electron chi connectivity index (χ3n) is 8.84. The normalized spacial score (nSPS) is 19.2. The summed E-state index contributed by atoms with van der Waals surface area (Å²) in [6, 6.07) is 19.5. The van der Waals surface area contributed by atoms with Gasteiger partial charge in [0.1, 0.15) is 12.0 Å². The number of ether oxygens (including phenoxy) is 1. The van der Waals surface area contributed by atoms with E-state index in [0.29, 0.717) is 18.7 Å². The highest BCUT2D eigenvalue weighted by Gasteiger charge is 2.49. The van der Waals surface area contributed by atoms with E-state index in [9.17, 15) is 14.7 Å². The molecule has 43 heavy (non-hydrogen) atoms. The van der Waals surface area contributed by atoms with E-state index in [4.69, 9.17) is 4.74 Å². The van der Waals surface area contributed by atoms with E-state index in [1.165, 1.54) is 83.3 Å². The molecule has 2 aromatic rings. The summed E-state index contributed by atoms with van der Waals surface area (Å²) in [5.41, 5.74) is 2.61. The van der Waals surface area contributed by atoms with Gasteiger partial charge in [-0.25, -0.2) is 0 Å². The van der Waals surface area contributed by atoms with Crippen molar-refractivity contribution in [3.8, 4) is 0 Å². The van der Waals surface area contributed by atoms with Crippen molar-refractivity contribution in [2.45, 2.75) is 122 Å². The van der Waals surface area contributed by atoms with Crippen LogP contribution in [0.15, 0.2) is 72.4 Å². The Morgan fingerprint density at radius 3 is 1.81 bits per heavy atom. The molecule has 1 saturated heterocycles. The summed E-state index contributed by atoms with van der Waals surface area (Å²) in [5.74, 6) is -1.26. The number of benzene rings is 2. The standard InChI is InChI=1S/C38H55NO4/c1-3-4-5-6-7-8-9-10-11-12-13-14-15-22-27-33(40)30-34-37(41)35(38(42)43-2)36(32-25-20-17-21-26-32)39(34)29-28-31-23-18-16-19-24-31/h16-21,23-26,30,35-37,41H,3-15,22,27-29H2,1-2H3/b34-30+/t35-,36-,37+/m0/s1. The van der Waals surface area contributed by atoms with Gasteiger partial charge < -0.3 is 14.7 Å². The van der Waals surface area contributed by atoms with Crippen LogP contribution in [0.4, 0.5) is 0 Å². The number of carbonyl (C=O) groups is 2. The Hall–Kier alpha value is -2.92. The molecule has 3 rings (SSSR count). The summed E-state index contributed by atoms with van der Waals surface area (Å²) in [4.78, 5) is 28.2. The average Bonchev–Trinajstić information content (AvgIpc) is 3.31. The fourth-order valence-electron chi connectivity index (χ4n) is 6.37. The summed E-state index contributed by atoms with van der Waals surface area (Å²) in [5, 5.41) is 11.4. The molecule has 2 aromatic carbocycles. The number of aliphatic hydroxyl groups is 1. The van der Waals surface area contributed by atoms with Crippen LogP contribution in [0.2, 0.25) is 0 Å². The van der Waals surface area contributed by atoms with Crippen LogP contribution in [0.3, 0.4) is 0 Å². The van der Waals surface area contributed by atoms with E-state index in [2.05, 4.69) is 24.0 Å². The summed E-state index contributed by atoms with van der Waals surface area (Å²) >= 11 is 0. The van der Waals surface area contributed by atoms with Gasteiger partial charge >= 0.3 is 5.97 Å². The number of ketones is 1. The van der Waals surface area contributed by atoms with Crippen molar-refractivity contribution in [2.75, 3.05) is 13.7 Å². The van der Waals surface area contributed by atoms with Crippen molar-refractivity contribution in [2.24, 2.45) is 5.92 Å². The summed E-state index contributed by atoms with van der Waals surface area (Å²) in [6.07, 6.45) is 19.5. The van der Waals surface area contributed by atoms with Gasteiger partial charge in [-0.05, 0) is 24.0 Å². The predicted molar refractivity (Wildman–Crippen MR) is 176 cm³/mol. The van der Waals surface area contributed by atoms with Gasteiger partial charge in [-0.1, -0.05) is 151 Å². The molecule has 0 amide bonds. The van der Waals surface area contributed by atoms with Crippen molar-refractivity contribution in [3.05, 3.63) is 83.6 Å². The lowest BCUT2D eigenvalue weighted by atomic mass is 9.91. The zero-order valence-corrected chi connectivity index (χ0v) is 26.7. The quantitative estimate of drug-likeness (QED) is 0.0896. The molecule has 0 aromatic heterocycles. The lowest BCUT2D eigenvalue weighted by Crippen LogP contribution is -2.31. The molecular weight excluding hydrogens is 534 g/mol. The highest BCUT2D eigenvalue weighted by molar-refractivity contribution is 5.90. The lowest BCUT2D eigenvalue weighted by Gasteiger charge is -2.30. The molecule has 3 atom stereocenters. The fourth-order valence-corrected chi connectivity index (χ4v) is 6.37. The number of carbonyl (C=O) groups excluding carboxylic acids is 2. The number of hydrogen-bond acceptors (Lipinski definition) is 5. The number of rotatable bonds is 21. The number of esters is 1. The van der Waals surface area contributed by atoms with Gasteiger partial charge in [-0.3, -0.25) is 9.59 Å². The Morgan fingerprint density at radius 1 is 0.767 bits per heavy atom. The molecular formula is C38H55NO4. The topological polar surface area (TPSA) is 66.8 Å². The Kier molecular flexibility index (Phi) is 16.2. The number of methoxy groups -OCH3 is 1. The molecule has 1 aliphatic rings. The molecule has 5 nitrogen and oxygen atoms in total. The molecule has 0 aliphatic carbocycles. The van der Waals surface area contributed by atoms with E-state index >= 15 is 0 Å². The van der Waals surface area contributed by atoms with Crippen LogP contribution in [-0.2, 0) is 20.7 Å². The first-order chi connectivity index (χ1) is 21.1.